The van der Waals surface area contributed by atoms with Crippen molar-refractivity contribution in [3.63, 3.8) is 0 Å². The van der Waals surface area contributed by atoms with Crippen molar-refractivity contribution in [3.05, 3.63) is 129 Å². The van der Waals surface area contributed by atoms with Crippen molar-refractivity contribution in [1.82, 2.24) is 0 Å². The summed E-state index contributed by atoms with van der Waals surface area (Å²) < 4.78 is 1.24. The fourth-order valence-corrected chi connectivity index (χ4v) is 41.8. The molecule has 0 saturated heterocycles. The minimum absolute atomic E-state index is 0.124. The molecule has 0 radical (unpaired) electrons. The number of rotatable bonds is 7. The van der Waals surface area contributed by atoms with Gasteiger partial charge in [0.1, 0.15) is 0 Å². The number of benzene rings is 4. The van der Waals surface area contributed by atoms with E-state index in [4.69, 9.17) is 0 Å². The second-order valence-electron chi connectivity index (χ2n) is 15.9. The van der Waals surface area contributed by atoms with E-state index in [1.807, 2.05) is 0 Å². The Bertz CT molecular complexity index is 1690. The zero-order valence-electron chi connectivity index (χ0n) is 29.9. The number of fused-ring (bicyclic) bond motifs is 2. The van der Waals surface area contributed by atoms with Crippen molar-refractivity contribution in [3.8, 4) is 22.3 Å². The Labute approximate surface area is 288 Å². The van der Waals surface area contributed by atoms with Gasteiger partial charge in [-0.2, -0.15) is 0 Å². The van der Waals surface area contributed by atoms with E-state index in [9.17, 15) is 0 Å². The van der Waals surface area contributed by atoms with Crippen LogP contribution < -0.4 is 0 Å². The van der Waals surface area contributed by atoms with E-state index < -0.39 is 26.6 Å². The molecular weight excluding hydrogens is 735 g/mol. The number of allylic oxidation sites excluding steroid dienone is 2. The Morgan fingerprint density at radius 2 is 0.891 bits per heavy atom. The van der Waals surface area contributed by atoms with Gasteiger partial charge in [0, 0.05) is 0 Å². The molecule has 0 spiro atoms. The number of hydrogen-bond acceptors (Lipinski definition) is 0. The standard InChI is InChI=1S/2C21H23.C2H7Si.Hf/c2*1-5-15-9-6-7-11-18(15)19-12-8-10-16-13-17(14-20(16)19)21(2,3)4;1-3-2;/h2*6-14H,5H2,1-4H3;3H,1-2H3;. The van der Waals surface area contributed by atoms with Crippen LogP contribution in [0.3, 0.4) is 0 Å². The molecule has 46 heavy (non-hydrogen) atoms. The summed E-state index contributed by atoms with van der Waals surface area (Å²) in [5.74, 6) is -1.01. The van der Waals surface area contributed by atoms with Crippen LogP contribution >= 0.6 is 0 Å². The van der Waals surface area contributed by atoms with Crippen molar-refractivity contribution in [2.75, 3.05) is 0 Å². The van der Waals surface area contributed by atoms with E-state index in [0.29, 0.717) is 7.35 Å². The van der Waals surface area contributed by atoms with Gasteiger partial charge >= 0.3 is 290 Å². The van der Waals surface area contributed by atoms with Gasteiger partial charge in [-0.1, -0.05) is 0 Å². The predicted octanol–water partition coefficient (Wildman–Crippen LogP) is 12.4. The first kappa shape index (κ1) is 33.4. The van der Waals surface area contributed by atoms with E-state index in [-0.39, 0.29) is 10.8 Å². The first-order valence-corrected chi connectivity index (χ1v) is 30.9. The SMILES string of the molecule is CCc1ccccc1-c1cccc2c1C=C(C(C)(C)C)[CH]2[Hf]([CH]1C(C(C)(C)C)=Cc2c(-c3ccccc3CC)cccc21)[SiH](C)C. The summed E-state index contributed by atoms with van der Waals surface area (Å²) in [4.78, 5) is 0. The molecule has 0 aliphatic heterocycles. The van der Waals surface area contributed by atoms with Gasteiger partial charge in [0.05, 0.1) is 0 Å². The van der Waals surface area contributed by atoms with Crippen LogP contribution in [-0.4, -0.2) is 5.98 Å². The maximum absolute atomic E-state index is 2.71. The Hall–Kier alpha value is -2.55. The van der Waals surface area contributed by atoms with Crippen LogP contribution in [0.25, 0.3) is 34.4 Å². The van der Waals surface area contributed by atoms with Crippen LogP contribution in [0, 0.1) is 10.8 Å². The number of aryl methyl sites for hydroxylation is 2. The number of hydrogen-bond donors (Lipinski definition) is 0. The summed E-state index contributed by atoms with van der Waals surface area (Å²) in [6.45, 7) is 24.9. The third-order valence-electron chi connectivity index (χ3n) is 10.6. The molecule has 2 atom stereocenters. The Kier molecular flexibility index (Phi) is 9.29. The van der Waals surface area contributed by atoms with Gasteiger partial charge in [-0.3, -0.25) is 0 Å². The van der Waals surface area contributed by atoms with Crippen LogP contribution in [-0.2, 0) is 33.4 Å². The van der Waals surface area contributed by atoms with E-state index >= 15 is 0 Å². The molecule has 0 saturated carbocycles. The molecule has 0 bridgehead atoms. The zero-order chi connectivity index (χ0) is 33.0. The van der Waals surface area contributed by atoms with Gasteiger partial charge < -0.3 is 0 Å². The third-order valence-corrected chi connectivity index (χ3v) is 41.0. The van der Waals surface area contributed by atoms with Gasteiger partial charge in [0.15, 0.2) is 0 Å². The molecular formula is C44H53HfSi. The quantitative estimate of drug-likeness (QED) is 0.164. The normalized spacial score (nSPS) is 17.5. The third kappa shape index (κ3) is 5.87. The second-order valence-corrected chi connectivity index (χ2v) is 43.8. The molecule has 0 amide bonds. The fourth-order valence-electron chi connectivity index (χ4n) is 8.31. The molecule has 2 heteroatoms. The Morgan fingerprint density at radius 3 is 1.24 bits per heavy atom. The van der Waals surface area contributed by atoms with E-state index in [2.05, 4.69) is 166 Å². The first-order valence-electron chi connectivity index (χ1n) is 17.6. The molecule has 4 aromatic rings. The minimum atomic E-state index is -2.55. The van der Waals surface area contributed by atoms with Crippen molar-refractivity contribution in [2.45, 2.75) is 88.7 Å². The molecule has 0 aromatic heterocycles. The predicted molar refractivity (Wildman–Crippen MR) is 202 cm³/mol. The Morgan fingerprint density at radius 1 is 0.522 bits per heavy atom. The summed E-state index contributed by atoms with van der Waals surface area (Å²) in [7, 11) is 0. The van der Waals surface area contributed by atoms with Crippen molar-refractivity contribution < 1.29 is 20.6 Å². The summed E-state index contributed by atoms with van der Waals surface area (Å²) in [6.07, 6.45) is 7.46. The summed E-state index contributed by atoms with van der Waals surface area (Å²) in [5, 5.41) is 0. The van der Waals surface area contributed by atoms with E-state index in [1.54, 1.807) is 22.3 Å². The van der Waals surface area contributed by atoms with Gasteiger partial charge in [-0.15, -0.1) is 0 Å². The van der Waals surface area contributed by atoms with Crippen LogP contribution in [0.15, 0.2) is 96.1 Å². The van der Waals surface area contributed by atoms with Crippen molar-refractivity contribution in [2.24, 2.45) is 10.8 Å². The molecule has 237 valence electrons. The second kappa shape index (κ2) is 12.8. The summed E-state index contributed by atoms with van der Waals surface area (Å²) in [5.41, 5.74) is 18.6. The Balaban J connectivity index is 1.59. The van der Waals surface area contributed by atoms with Crippen LogP contribution in [0.4, 0.5) is 0 Å². The molecule has 0 N–H and O–H groups in total. The van der Waals surface area contributed by atoms with Gasteiger partial charge in [-0.05, 0) is 0 Å². The van der Waals surface area contributed by atoms with Gasteiger partial charge in [0.25, 0.3) is 0 Å². The average molecular weight is 788 g/mol. The maximum atomic E-state index is 2.71. The molecule has 4 aromatic carbocycles. The summed E-state index contributed by atoms with van der Waals surface area (Å²) in [6, 6.07) is 32.8. The van der Waals surface area contributed by atoms with Crippen molar-refractivity contribution >= 4 is 18.1 Å². The van der Waals surface area contributed by atoms with Crippen LogP contribution in [0.1, 0.15) is 96.1 Å². The van der Waals surface area contributed by atoms with E-state index in [0.717, 1.165) is 12.8 Å². The first-order chi connectivity index (χ1) is 21.9. The van der Waals surface area contributed by atoms with Gasteiger partial charge in [-0.25, -0.2) is 0 Å². The molecule has 6 rings (SSSR count). The molecule has 2 unspecified atom stereocenters. The van der Waals surface area contributed by atoms with Crippen LogP contribution in [0.5, 0.6) is 0 Å². The zero-order valence-corrected chi connectivity index (χ0v) is 34.6. The van der Waals surface area contributed by atoms with E-state index in [1.165, 1.54) is 44.5 Å². The van der Waals surface area contributed by atoms with Crippen LogP contribution in [0.2, 0.25) is 13.1 Å². The monoisotopic (exact) mass is 789 g/mol. The molecule has 0 nitrogen and oxygen atoms in total. The molecule has 0 heterocycles. The average Bonchev–Trinajstić information content (AvgIpc) is 3.61. The molecule has 2 aliphatic rings. The fraction of sp³-hybridized carbons (Fsp3) is 0.364. The topological polar surface area (TPSA) is 0 Å². The summed E-state index contributed by atoms with van der Waals surface area (Å²) >= 11 is -2.55. The van der Waals surface area contributed by atoms with Crippen molar-refractivity contribution in [1.29, 1.82) is 0 Å². The van der Waals surface area contributed by atoms with Gasteiger partial charge in [0.2, 0.25) is 0 Å². The molecule has 2 aliphatic carbocycles. The molecule has 0 fully saturated rings.